The topological polar surface area (TPSA) is 38.7 Å². The zero-order chi connectivity index (χ0) is 9.23. The smallest absolute Gasteiger partial charge is 1.00 e. The van der Waals surface area contributed by atoms with E-state index in [-0.39, 0.29) is 45.2 Å². The molecule has 0 saturated heterocycles. The largest absolute Gasteiger partial charge is 2.00 e. The zero-order valence-corrected chi connectivity index (χ0v) is 13.0. The maximum Gasteiger partial charge on any atom is 2.00 e. The second kappa shape index (κ2) is 20.9. The molecule has 0 atom stereocenters. The Labute approximate surface area is 120 Å². The summed E-state index contributed by atoms with van der Waals surface area (Å²) in [5.74, 6) is 0. The van der Waals surface area contributed by atoms with Gasteiger partial charge in [-0.25, -0.2) is 0 Å². The number of hydrogen-bond acceptors (Lipinski definition) is 3. The molecule has 0 rings (SSSR count). The van der Waals surface area contributed by atoms with Crippen molar-refractivity contribution in [2.75, 3.05) is 13.2 Å². The van der Waals surface area contributed by atoms with Crippen LogP contribution < -0.4 is 24.8 Å². The van der Waals surface area contributed by atoms with Gasteiger partial charge in [0.2, 0.25) is 0 Å². The minimum Gasteiger partial charge on any atom is -1.00 e. The zero-order valence-electron chi connectivity index (χ0n) is 9.03. The van der Waals surface area contributed by atoms with Gasteiger partial charge in [0, 0.05) is 0 Å². The second-order valence-electron chi connectivity index (χ2n) is 2.61. The standard InChI is InChI=1S/C8H19O3P.2ClH.Pd/c1-3-5-7-10-12(9)11-8-6-4-2;;;/h9H,3-8H2,1-2H3;2*1H;/q;;;+2/p-2. The molecule has 0 unspecified atom stereocenters. The monoisotopic (exact) mass is 370 g/mol. The van der Waals surface area contributed by atoms with E-state index < -0.39 is 8.60 Å². The molecule has 0 heterocycles. The number of unbranched alkanes of at least 4 members (excludes halogenated alkanes) is 2. The minimum atomic E-state index is -1.60. The molecule has 0 aliphatic carbocycles. The maximum atomic E-state index is 9.12. The predicted molar refractivity (Wildman–Crippen MR) is 50.9 cm³/mol. The van der Waals surface area contributed by atoms with Crippen LogP contribution in [0.5, 0.6) is 0 Å². The van der Waals surface area contributed by atoms with E-state index in [1.165, 1.54) is 0 Å². The molecule has 3 nitrogen and oxygen atoms in total. The van der Waals surface area contributed by atoms with Crippen LogP contribution in [0.4, 0.5) is 0 Å². The Morgan fingerprint density at radius 2 is 1.27 bits per heavy atom. The maximum absolute atomic E-state index is 9.12. The van der Waals surface area contributed by atoms with Crippen LogP contribution in [0, 0.1) is 0 Å². The van der Waals surface area contributed by atoms with Gasteiger partial charge in [-0.3, -0.25) is 0 Å². The van der Waals surface area contributed by atoms with Crippen molar-refractivity contribution in [1.82, 2.24) is 0 Å². The van der Waals surface area contributed by atoms with Crippen molar-refractivity contribution >= 4 is 8.60 Å². The van der Waals surface area contributed by atoms with Crippen molar-refractivity contribution in [2.45, 2.75) is 39.5 Å². The van der Waals surface area contributed by atoms with Gasteiger partial charge in [-0.15, -0.1) is 0 Å². The van der Waals surface area contributed by atoms with E-state index in [0.29, 0.717) is 13.2 Å². The Kier molecular flexibility index (Phi) is 35.4. The first kappa shape index (κ1) is 25.4. The van der Waals surface area contributed by atoms with Crippen LogP contribution in [-0.2, 0) is 29.5 Å². The molecule has 0 aromatic heterocycles. The molecule has 0 bridgehead atoms. The molecule has 0 spiro atoms. The average Bonchev–Trinajstić information content (AvgIpc) is 2.06. The Morgan fingerprint density at radius 1 is 0.933 bits per heavy atom. The van der Waals surface area contributed by atoms with Crippen LogP contribution >= 0.6 is 8.60 Å². The Balaban J connectivity index is -0.000000202. The van der Waals surface area contributed by atoms with Crippen molar-refractivity contribution in [3.05, 3.63) is 0 Å². The molecule has 0 saturated carbocycles. The Bertz CT molecular complexity index is 94.0. The normalized spacial score (nSPS) is 8.80. The predicted octanol–water partition coefficient (Wildman–Crippen LogP) is -3.16. The van der Waals surface area contributed by atoms with Gasteiger partial charge in [-0.05, 0) is 12.8 Å². The van der Waals surface area contributed by atoms with E-state index in [1.54, 1.807) is 0 Å². The van der Waals surface area contributed by atoms with E-state index >= 15 is 0 Å². The van der Waals surface area contributed by atoms with Crippen LogP contribution in [0.25, 0.3) is 0 Å². The molecule has 1 N–H and O–H groups in total. The molecular formula is C8H19Cl2O3PPd. The van der Waals surface area contributed by atoms with E-state index in [4.69, 9.17) is 13.9 Å². The van der Waals surface area contributed by atoms with Gasteiger partial charge in [-0.2, -0.15) is 0 Å². The molecule has 0 amide bonds. The molecule has 0 fully saturated rings. The fraction of sp³-hybridized carbons (Fsp3) is 1.00. The van der Waals surface area contributed by atoms with Gasteiger partial charge in [0.05, 0.1) is 13.2 Å². The number of halogens is 2. The number of hydrogen-bond donors (Lipinski definition) is 1. The summed E-state index contributed by atoms with van der Waals surface area (Å²) in [4.78, 5) is 9.12. The second-order valence-corrected chi connectivity index (χ2v) is 3.60. The van der Waals surface area contributed by atoms with Gasteiger partial charge in [0.1, 0.15) is 0 Å². The van der Waals surface area contributed by atoms with Crippen molar-refractivity contribution < 1.29 is 59.2 Å². The SMILES string of the molecule is CCCCOP(O)OCCCC.[Cl-].[Cl-].[Pd+2]. The van der Waals surface area contributed by atoms with Crippen LogP contribution in [0.1, 0.15) is 39.5 Å². The average molecular weight is 372 g/mol. The number of rotatable bonds is 8. The molecule has 0 radical (unpaired) electrons. The van der Waals surface area contributed by atoms with E-state index in [0.717, 1.165) is 25.7 Å². The van der Waals surface area contributed by atoms with E-state index in [9.17, 15) is 0 Å². The summed E-state index contributed by atoms with van der Waals surface area (Å²) < 4.78 is 10.1. The third-order valence-corrected chi connectivity index (χ3v) is 2.21. The summed E-state index contributed by atoms with van der Waals surface area (Å²) >= 11 is 0. The van der Waals surface area contributed by atoms with Gasteiger partial charge < -0.3 is 38.8 Å². The third kappa shape index (κ3) is 21.4. The van der Waals surface area contributed by atoms with Gasteiger partial charge in [0.15, 0.2) is 0 Å². The van der Waals surface area contributed by atoms with Gasteiger partial charge in [0.25, 0.3) is 0 Å². The summed E-state index contributed by atoms with van der Waals surface area (Å²) in [7, 11) is -1.60. The summed E-state index contributed by atoms with van der Waals surface area (Å²) in [6.45, 7) is 5.37. The van der Waals surface area contributed by atoms with Crippen molar-refractivity contribution in [1.29, 1.82) is 0 Å². The summed E-state index contributed by atoms with van der Waals surface area (Å²) in [5, 5.41) is 0. The first-order chi connectivity index (χ1) is 5.81. The summed E-state index contributed by atoms with van der Waals surface area (Å²) in [6, 6.07) is 0. The van der Waals surface area contributed by atoms with E-state index in [2.05, 4.69) is 13.8 Å². The van der Waals surface area contributed by atoms with Crippen LogP contribution in [0.15, 0.2) is 0 Å². The van der Waals surface area contributed by atoms with Crippen molar-refractivity contribution in [3.8, 4) is 0 Å². The first-order valence-corrected chi connectivity index (χ1v) is 5.69. The molecule has 98 valence electrons. The molecule has 0 aliphatic rings. The summed E-state index contributed by atoms with van der Waals surface area (Å²) in [5.41, 5.74) is 0. The molecule has 0 aromatic rings. The van der Waals surface area contributed by atoms with Crippen LogP contribution in [0.2, 0.25) is 0 Å². The summed E-state index contributed by atoms with van der Waals surface area (Å²) in [6.07, 6.45) is 4.13. The van der Waals surface area contributed by atoms with Crippen LogP contribution in [-0.4, -0.2) is 18.1 Å². The minimum absolute atomic E-state index is 0. The van der Waals surface area contributed by atoms with Crippen LogP contribution in [0.3, 0.4) is 0 Å². The molecule has 7 heteroatoms. The third-order valence-electron chi connectivity index (χ3n) is 1.40. The Morgan fingerprint density at radius 3 is 1.53 bits per heavy atom. The van der Waals surface area contributed by atoms with Gasteiger partial charge >= 0.3 is 29.0 Å². The molecule has 15 heavy (non-hydrogen) atoms. The van der Waals surface area contributed by atoms with Crippen molar-refractivity contribution in [3.63, 3.8) is 0 Å². The fourth-order valence-electron chi connectivity index (χ4n) is 0.611. The molecule has 0 aliphatic heterocycles. The fourth-order valence-corrected chi connectivity index (χ4v) is 1.26. The Hall–Kier alpha value is 1.55. The quantitative estimate of drug-likeness (QED) is 0.278. The molecule has 0 aromatic carbocycles. The first-order valence-electron chi connectivity index (χ1n) is 4.56. The van der Waals surface area contributed by atoms with Crippen molar-refractivity contribution in [2.24, 2.45) is 0 Å². The molecular weight excluding hydrogens is 352 g/mol. The van der Waals surface area contributed by atoms with Gasteiger partial charge in [-0.1, -0.05) is 26.7 Å². The van der Waals surface area contributed by atoms with E-state index in [1.807, 2.05) is 0 Å².